The largest absolute Gasteiger partial charge is 0.497 e. The lowest BCUT2D eigenvalue weighted by Gasteiger charge is -2.22. The van der Waals surface area contributed by atoms with E-state index in [9.17, 15) is 8.42 Å². The van der Waals surface area contributed by atoms with Gasteiger partial charge in [0.05, 0.1) is 24.7 Å². The molecule has 1 unspecified atom stereocenters. The molecule has 6 heteroatoms. The van der Waals surface area contributed by atoms with Gasteiger partial charge in [0.25, 0.3) is 0 Å². The van der Waals surface area contributed by atoms with Gasteiger partial charge >= 0.3 is 0 Å². The molecule has 0 amide bonds. The third-order valence-corrected chi connectivity index (χ3v) is 5.94. The van der Waals surface area contributed by atoms with Gasteiger partial charge in [-0.1, -0.05) is 0 Å². The number of sulfone groups is 1. The van der Waals surface area contributed by atoms with Crippen molar-refractivity contribution in [3.8, 4) is 11.5 Å². The van der Waals surface area contributed by atoms with E-state index in [0.717, 1.165) is 30.9 Å². The average Bonchev–Trinajstić information content (AvgIpc) is 2.53. The maximum atomic E-state index is 12.2. The van der Waals surface area contributed by atoms with Crippen LogP contribution in [0.1, 0.15) is 19.3 Å². The van der Waals surface area contributed by atoms with Crippen molar-refractivity contribution in [2.45, 2.75) is 24.5 Å². The molecule has 118 valence electrons. The summed E-state index contributed by atoms with van der Waals surface area (Å²) in [6.45, 7) is 1.92. The van der Waals surface area contributed by atoms with E-state index in [2.05, 4.69) is 5.32 Å². The summed E-state index contributed by atoms with van der Waals surface area (Å²) in [7, 11) is -1.40. The minimum Gasteiger partial charge on any atom is -0.497 e. The van der Waals surface area contributed by atoms with E-state index >= 15 is 0 Å². The van der Waals surface area contributed by atoms with Gasteiger partial charge in [-0.3, -0.25) is 0 Å². The fourth-order valence-electron chi connectivity index (χ4n) is 2.42. The summed E-state index contributed by atoms with van der Waals surface area (Å²) < 4.78 is 35.0. The fraction of sp³-hybridized carbons (Fsp3) is 0.600. The van der Waals surface area contributed by atoms with E-state index in [1.54, 1.807) is 7.11 Å². The highest BCUT2D eigenvalue weighted by atomic mass is 32.2. The second-order valence-electron chi connectivity index (χ2n) is 5.21. The molecular formula is C15H23NO4S. The van der Waals surface area contributed by atoms with Crippen molar-refractivity contribution >= 4 is 9.84 Å². The maximum absolute atomic E-state index is 12.2. The third-order valence-electron chi connectivity index (χ3n) is 3.66. The van der Waals surface area contributed by atoms with Crippen molar-refractivity contribution < 1.29 is 17.9 Å². The van der Waals surface area contributed by atoms with Gasteiger partial charge in [-0.25, -0.2) is 8.42 Å². The lowest BCUT2D eigenvalue weighted by Crippen LogP contribution is -2.39. The number of hydrogen-bond donors (Lipinski definition) is 1. The van der Waals surface area contributed by atoms with E-state index in [-0.39, 0.29) is 11.0 Å². The van der Waals surface area contributed by atoms with Crippen LogP contribution in [-0.4, -0.2) is 46.2 Å². The molecule has 2 rings (SSSR count). The molecule has 1 aliphatic heterocycles. The topological polar surface area (TPSA) is 64.6 Å². The Morgan fingerprint density at radius 1 is 1.24 bits per heavy atom. The molecule has 21 heavy (non-hydrogen) atoms. The molecule has 1 aliphatic rings. The zero-order valence-corrected chi connectivity index (χ0v) is 13.2. The van der Waals surface area contributed by atoms with E-state index in [0.29, 0.717) is 19.6 Å². The van der Waals surface area contributed by atoms with Crippen molar-refractivity contribution in [3.05, 3.63) is 24.3 Å². The Kier molecular flexibility index (Phi) is 5.87. The quantitative estimate of drug-likeness (QED) is 0.775. The molecule has 0 saturated carbocycles. The van der Waals surface area contributed by atoms with Gasteiger partial charge in [0.2, 0.25) is 0 Å². The highest BCUT2D eigenvalue weighted by Crippen LogP contribution is 2.18. The second kappa shape index (κ2) is 7.66. The highest BCUT2D eigenvalue weighted by molar-refractivity contribution is 7.92. The molecular weight excluding hydrogens is 290 g/mol. The van der Waals surface area contributed by atoms with Gasteiger partial charge in [-0.05, 0) is 50.1 Å². The summed E-state index contributed by atoms with van der Waals surface area (Å²) in [6, 6.07) is 7.27. The zero-order chi connectivity index (χ0) is 15.1. The van der Waals surface area contributed by atoms with Gasteiger partial charge in [-0.15, -0.1) is 0 Å². The summed E-state index contributed by atoms with van der Waals surface area (Å²) in [5, 5.41) is 2.92. The van der Waals surface area contributed by atoms with Crippen LogP contribution in [0.15, 0.2) is 24.3 Å². The molecule has 0 aliphatic carbocycles. The second-order valence-corrected chi connectivity index (χ2v) is 7.61. The average molecular weight is 313 g/mol. The minimum atomic E-state index is -3.01. The van der Waals surface area contributed by atoms with Gasteiger partial charge in [0.1, 0.15) is 11.5 Å². The fourth-order valence-corrected chi connectivity index (χ4v) is 4.17. The van der Waals surface area contributed by atoms with Crippen molar-refractivity contribution in [2.24, 2.45) is 0 Å². The molecule has 1 aromatic rings. The Morgan fingerprint density at radius 3 is 2.57 bits per heavy atom. The maximum Gasteiger partial charge on any atom is 0.154 e. The van der Waals surface area contributed by atoms with E-state index in [1.165, 1.54) is 0 Å². The number of ether oxygens (including phenoxy) is 2. The molecule has 1 aromatic carbocycles. The van der Waals surface area contributed by atoms with Crippen LogP contribution < -0.4 is 14.8 Å². The number of methoxy groups -OCH3 is 1. The summed E-state index contributed by atoms with van der Waals surface area (Å²) in [5.74, 6) is 1.69. The summed E-state index contributed by atoms with van der Waals surface area (Å²) >= 11 is 0. The van der Waals surface area contributed by atoms with Crippen LogP contribution in [-0.2, 0) is 9.84 Å². The van der Waals surface area contributed by atoms with Crippen molar-refractivity contribution in [3.63, 3.8) is 0 Å². The Bertz CT molecular complexity index is 521. The lowest BCUT2D eigenvalue weighted by molar-refractivity contribution is 0.316. The van der Waals surface area contributed by atoms with Gasteiger partial charge < -0.3 is 14.8 Å². The lowest BCUT2D eigenvalue weighted by atomic mass is 10.2. The highest BCUT2D eigenvalue weighted by Gasteiger charge is 2.26. The summed E-state index contributed by atoms with van der Waals surface area (Å²) in [5.41, 5.74) is 0. The summed E-state index contributed by atoms with van der Waals surface area (Å²) in [6.07, 6.45) is 2.23. The SMILES string of the molecule is COc1ccc(OCCCS(=O)(=O)C2CCCNC2)cc1. The van der Waals surface area contributed by atoms with Crippen LogP contribution in [0.2, 0.25) is 0 Å². The molecule has 1 atom stereocenters. The number of hydrogen-bond acceptors (Lipinski definition) is 5. The van der Waals surface area contributed by atoms with Crippen LogP contribution in [0.5, 0.6) is 11.5 Å². The van der Waals surface area contributed by atoms with E-state index in [1.807, 2.05) is 24.3 Å². The van der Waals surface area contributed by atoms with Crippen molar-refractivity contribution in [2.75, 3.05) is 32.6 Å². The van der Waals surface area contributed by atoms with Crippen molar-refractivity contribution in [1.82, 2.24) is 5.32 Å². The first-order valence-electron chi connectivity index (χ1n) is 7.31. The first kappa shape index (κ1) is 16.1. The number of rotatable bonds is 7. The molecule has 0 bridgehead atoms. The predicted octanol–water partition coefficient (Wildman–Crippen LogP) is 1.63. The number of benzene rings is 1. The van der Waals surface area contributed by atoms with Crippen LogP contribution in [0, 0.1) is 0 Å². The van der Waals surface area contributed by atoms with Gasteiger partial charge in [0, 0.05) is 6.54 Å². The minimum absolute atomic E-state index is 0.190. The van der Waals surface area contributed by atoms with E-state index < -0.39 is 9.84 Å². The number of nitrogens with one attached hydrogen (secondary N) is 1. The van der Waals surface area contributed by atoms with Gasteiger partial charge in [-0.2, -0.15) is 0 Å². The third kappa shape index (κ3) is 4.89. The monoisotopic (exact) mass is 313 g/mol. The predicted molar refractivity (Wildman–Crippen MR) is 82.8 cm³/mol. The zero-order valence-electron chi connectivity index (χ0n) is 12.4. The van der Waals surface area contributed by atoms with Gasteiger partial charge in [0.15, 0.2) is 9.84 Å². The van der Waals surface area contributed by atoms with Crippen LogP contribution in [0.4, 0.5) is 0 Å². The molecule has 1 N–H and O–H groups in total. The molecule has 0 radical (unpaired) electrons. The smallest absolute Gasteiger partial charge is 0.154 e. The van der Waals surface area contributed by atoms with E-state index in [4.69, 9.17) is 9.47 Å². The Labute approximate surface area is 126 Å². The van der Waals surface area contributed by atoms with Crippen LogP contribution in [0.25, 0.3) is 0 Å². The van der Waals surface area contributed by atoms with Crippen molar-refractivity contribution in [1.29, 1.82) is 0 Å². The normalized spacial score (nSPS) is 19.2. The van der Waals surface area contributed by atoms with Crippen LogP contribution >= 0.6 is 0 Å². The Morgan fingerprint density at radius 2 is 1.95 bits per heavy atom. The first-order chi connectivity index (χ1) is 10.1. The number of piperidine rings is 1. The molecule has 0 spiro atoms. The summed E-state index contributed by atoms with van der Waals surface area (Å²) in [4.78, 5) is 0. The Hall–Kier alpha value is -1.27. The molecule has 5 nitrogen and oxygen atoms in total. The molecule has 1 fully saturated rings. The molecule has 0 aromatic heterocycles. The molecule has 1 heterocycles. The Balaban J connectivity index is 1.73. The first-order valence-corrected chi connectivity index (χ1v) is 9.02. The van der Waals surface area contributed by atoms with Crippen LogP contribution in [0.3, 0.4) is 0 Å². The molecule has 1 saturated heterocycles. The standard InChI is InChI=1S/C15H23NO4S/c1-19-13-5-7-14(8-6-13)20-10-3-11-21(17,18)15-4-2-9-16-12-15/h5-8,15-16H,2-4,9-12H2,1H3.